The zero-order valence-corrected chi connectivity index (χ0v) is 42.9. The van der Waals surface area contributed by atoms with Gasteiger partial charge in [0.05, 0.1) is 6.61 Å². The van der Waals surface area contributed by atoms with Crippen LogP contribution >= 0.6 is 0 Å². The monoisotopic (exact) mass is 915 g/mol. The average Bonchev–Trinajstić information content (AvgIpc) is 3.32. The van der Waals surface area contributed by atoms with Gasteiger partial charge in [-0.2, -0.15) is 0 Å². The SMILES string of the molecule is CC/C=C\C/C=C\C/C=C\C/C=C\C/C=C\C/C=C\C/C=C\CCCCCCCCCCCCCC(=O)OC(CO)COC(=O)CCCCCCCCCCC/C=C\C/C=C\CCCCC. The number of hydrogen-bond donors (Lipinski definition) is 1. The molecule has 0 heterocycles. The summed E-state index contributed by atoms with van der Waals surface area (Å²) in [6, 6.07) is 0. The van der Waals surface area contributed by atoms with Crippen LogP contribution in [0.25, 0.3) is 0 Å². The molecule has 0 aliphatic heterocycles. The second-order valence-electron chi connectivity index (χ2n) is 17.9. The van der Waals surface area contributed by atoms with Crippen molar-refractivity contribution in [1.82, 2.24) is 0 Å². The Bertz CT molecular complexity index is 1310. The lowest BCUT2D eigenvalue weighted by Gasteiger charge is -2.15. The molecule has 0 bridgehead atoms. The number of ether oxygens (including phenoxy) is 2. The van der Waals surface area contributed by atoms with E-state index in [4.69, 9.17) is 9.47 Å². The van der Waals surface area contributed by atoms with Gasteiger partial charge in [-0.05, 0) is 103 Å². The van der Waals surface area contributed by atoms with Crippen LogP contribution in [0.2, 0.25) is 0 Å². The number of aliphatic hydroxyl groups excluding tert-OH is 1. The van der Waals surface area contributed by atoms with E-state index in [1.54, 1.807) is 0 Å². The van der Waals surface area contributed by atoms with E-state index >= 15 is 0 Å². The minimum absolute atomic E-state index is 0.0736. The Labute approximate surface area is 408 Å². The summed E-state index contributed by atoms with van der Waals surface area (Å²) in [5.74, 6) is -0.600. The second kappa shape index (κ2) is 55.9. The molecule has 0 saturated carbocycles. The van der Waals surface area contributed by atoms with Gasteiger partial charge in [0.1, 0.15) is 6.61 Å². The maximum absolute atomic E-state index is 12.3. The second-order valence-corrected chi connectivity index (χ2v) is 17.9. The summed E-state index contributed by atoms with van der Waals surface area (Å²) in [7, 11) is 0. The molecule has 0 aromatic rings. The predicted octanol–water partition coefficient (Wildman–Crippen LogP) is 18.5. The highest BCUT2D eigenvalue weighted by Gasteiger charge is 2.16. The molecule has 5 heteroatoms. The predicted molar refractivity (Wildman–Crippen MR) is 288 cm³/mol. The lowest BCUT2D eigenvalue weighted by atomic mass is 10.0. The van der Waals surface area contributed by atoms with Crippen molar-refractivity contribution in [2.24, 2.45) is 0 Å². The minimum atomic E-state index is -0.782. The Kier molecular flexibility index (Phi) is 53.0. The van der Waals surface area contributed by atoms with Crippen molar-refractivity contribution in [3.8, 4) is 0 Å². The Balaban J connectivity index is 3.55. The molecule has 376 valence electrons. The van der Waals surface area contributed by atoms with E-state index in [9.17, 15) is 14.7 Å². The van der Waals surface area contributed by atoms with Crippen molar-refractivity contribution in [2.45, 2.75) is 251 Å². The Hall–Kier alpha value is -3.44. The zero-order chi connectivity index (χ0) is 47.7. The maximum Gasteiger partial charge on any atom is 0.306 e. The van der Waals surface area contributed by atoms with Crippen LogP contribution in [0, 0.1) is 0 Å². The molecular formula is C61H102O5. The van der Waals surface area contributed by atoms with Gasteiger partial charge in [-0.1, -0.05) is 239 Å². The Morgan fingerprint density at radius 2 is 0.652 bits per heavy atom. The van der Waals surface area contributed by atoms with Crippen molar-refractivity contribution in [3.05, 3.63) is 109 Å². The first-order valence-electron chi connectivity index (χ1n) is 27.4. The lowest BCUT2D eigenvalue weighted by Crippen LogP contribution is -2.28. The van der Waals surface area contributed by atoms with Gasteiger partial charge in [-0.3, -0.25) is 9.59 Å². The quantitative estimate of drug-likeness (QED) is 0.0374. The van der Waals surface area contributed by atoms with Crippen LogP contribution in [0.4, 0.5) is 0 Å². The number of allylic oxidation sites excluding steroid dienone is 18. The van der Waals surface area contributed by atoms with Gasteiger partial charge in [0.25, 0.3) is 0 Å². The number of hydrogen-bond acceptors (Lipinski definition) is 5. The van der Waals surface area contributed by atoms with Crippen molar-refractivity contribution < 1.29 is 24.2 Å². The summed E-state index contributed by atoms with van der Waals surface area (Å²) in [6.45, 7) is 4.00. The average molecular weight is 915 g/mol. The van der Waals surface area contributed by atoms with Gasteiger partial charge < -0.3 is 14.6 Å². The number of aliphatic hydroxyl groups is 1. The molecule has 1 atom stereocenters. The molecule has 0 aromatic carbocycles. The first kappa shape index (κ1) is 62.6. The van der Waals surface area contributed by atoms with Crippen molar-refractivity contribution in [3.63, 3.8) is 0 Å². The fourth-order valence-electron chi connectivity index (χ4n) is 7.45. The largest absolute Gasteiger partial charge is 0.462 e. The van der Waals surface area contributed by atoms with Gasteiger partial charge in [-0.15, -0.1) is 0 Å². The smallest absolute Gasteiger partial charge is 0.306 e. The summed E-state index contributed by atoms with van der Waals surface area (Å²) in [5, 5.41) is 9.64. The fourth-order valence-corrected chi connectivity index (χ4v) is 7.45. The summed E-state index contributed by atoms with van der Waals surface area (Å²) in [4.78, 5) is 24.5. The van der Waals surface area contributed by atoms with E-state index in [2.05, 4.69) is 123 Å². The standard InChI is InChI=1S/C61H102O5/c1-3-5-7-9-11-13-15-17-19-21-23-24-25-26-27-28-29-30-31-32-33-34-35-36-38-40-42-44-46-48-50-52-54-56-61(64)66-59(57-62)58-65-60(63)55-53-51-49-47-45-43-41-39-37-22-20-18-16-14-12-10-8-6-4-2/h5,7,11-14,17-20,23-24,26-27,29-30,32-33,59,62H,3-4,6,8-10,15-16,21-22,25,28,31,34-58H2,1-2H3/b7-5-,13-11-,14-12-,19-17-,20-18-,24-23-,27-26-,30-29-,33-32-. The van der Waals surface area contributed by atoms with E-state index in [0.717, 1.165) is 89.9 Å². The molecule has 0 spiro atoms. The third-order valence-electron chi connectivity index (χ3n) is 11.6. The fraction of sp³-hybridized carbons (Fsp3) is 0.672. The van der Waals surface area contributed by atoms with E-state index in [-0.39, 0.29) is 25.2 Å². The molecule has 0 amide bonds. The van der Waals surface area contributed by atoms with Crippen molar-refractivity contribution >= 4 is 11.9 Å². The summed E-state index contributed by atoms with van der Waals surface area (Å²) >= 11 is 0. The van der Waals surface area contributed by atoms with Gasteiger partial charge in [-0.25, -0.2) is 0 Å². The van der Waals surface area contributed by atoms with Gasteiger partial charge in [0.2, 0.25) is 0 Å². The van der Waals surface area contributed by atoms with Gasteiger partial charge >= 0.3 is 11.9 Å². The zero-order valence-electron chi connectivity index (χ0n) is 42.9. The molecule has 0 aromatic heterocycles. The highest BCUT2D eigenvalue weighted by Crippen LogP contribution is 2.15. The van der Waals surface area contributed by atoms with E-state index in [1.165, 1.54) is 128 Å². The molecule has 66 heavy (non-hydrogen) atoms. The third kappa shape index (κ3) is 53.2. The van der Waals surface area contributed by atoms with Crippen LogP contribution in [-0.4, -0.2) is 36.4 Å². The van der Waals surface area contributed by atoms with E-state index < -0.39 is 6.10 Å². The molecule has 0 rings (SSSR count). The first-order valence-corrected chi connectivity index (χ1v) is 27.4. The number of unbranched alkanes of at least 4 members (excludes halogenated alkanes) is 23. The molecule has 0 fully saturated rings. The molecular weight excluding hydrogens is 813 g/mol. The third-order valence-corrected chi connectivity index (χ3v) is 11.6. The van der Waals surface area contributed by atoms with Crippen molar-refractivity contribution in [2.75, 3.05) is 13.2 Å². The number of carbonyl (C=O) groups is 2. The highest BCUT2D eigenvalue weighted by atomic mass is 16.6. The highest BCUT2D eigenvalue weighted by molar-refractivity contribution is 5.70. The van der Waals surface area contributed by atoms with E-state index in [1.807, 2.05) is 0 Å². The Morgan fingerprint density at radius 1 is 0.364 bits per heavy atom. The van der Waals surface area contributed by atoms with Crippen LogP contribution < -0.4 is 0 Å². The molecule has 0 aliphatic rings. The molecule has 1 unspecified atom stereocenters. The summed E-state index contributed by atoms with van der Waals surface area (Å²) < 4.78 is 10.7. The first-order chi connectivity index (χ1) is 32.6. The minimum Gasteiger partial charge on any atom is -0.462 e. The van der Waals surface area contributed by atoms with Gasteiger partial charge in [0, 0.05) is 12.8 Å². The molecule has 1 N–H and O–H groups in total. The molecule has 0 radical (unpaired) electrons. The molecule has 0 aliphatic carbocycles. The van der Waals surface area contributed by atoms with Crippen LogP contribution in [0.5, 0.6) is 0 Å². The number of esters is 2. The Morgan fingerprint density at radius 3 is 0.985 bits per heavy atom. The van der Waals surface area contributed by atoms with Crippen LogP contribution in [-0.2, 0) is 19.1 Å². The van der Waals surface area contributed by atoms with Gasteiger partial charge in [0.15, 0.2) is 6.10 Å². The van der Waals surface area contributed by atoms with Crippen LogP contribution in [0.15, 0.2) is 109 Å². The summed E-state index contributed by atoms with van der Waals surface area (Å²) in [5.41, 5.74) is 0. The maximum atomic E-state index is 12.3. The topological polar surface area (TPSA) is 72.8 Å². The normalized spacial score (nSPS) is 13.1. The lowest BCUT2D eigenvalue weighted by molar-refractivity contribution is -0.161. The number of rotatable bonds is 49. The van der Waals surface area contributed by atoms with Crippen LogP contribution in [0.3, 0.4) is 0 Å². The molecule has 5 nitrogen and oxygen atoms in total. The number of carbonyl (C=O) groups excluding carboxylic acids is 2. The van der Waals surface area contributed by atoms with Crippen LogP contribution in [0.1, 0.15) is 245 Å². The van der Waals surface area contributed by atoms with E-state index in [0.29, 0.717) is 12.8 Å². The molecule has 0 saturated heterocycles. The van der Waals surface area contributed by atoms with Crippen molar-refractivity contribution in [1.29, 1.82) is 0 Å². The summed E-state index contributed by atoms with van der Waals surface area (Å²) in [6.07, 6.45) is 80.4.